The summed E-state index contributed by atoms with van der Waals surface area (Å²) in [6.45, 7) is 3.85. The number of thiazole rings is 1. The minimum Gasteiger partial charge on any atom is -0.484 e. The molecule has 0 radical (unpaired) electrons. The van der Waals surface area contributed by atoms with Gasteiger partial charge in [-0.05, 0) is 26.0 Å². The maximum Gasteiger partial charge on any atom is 0.326 e. The van der Waals surface area contributed by atoms with Crippen LogP contribution in [0.3, 0.4) is 0 Å². The quantitative estimate of drug-likeness (QED) is 0.561. The van der Waals surface area contributed by atoms with Gasteiger partial charge in [0.1, 0.15) is 12.3 Å². The molecular weight excluding hydrogens is 408 g/mol. The first-order valence-electron chi connectivity index (χ1n) is 9.39. The highest BCUT2D eigenvalue weighted by molar-refractivity contribution is 7.16. The monoisotopic (exact) mass is 428 g/mol. The van der Waals surface area contributed by atoms with Crippen LogP contribution in [0.4, 0.5) is 0 Å². The predicted octanol–water partition coefficient (Wildman–Crippen LogP) is 2.81. The van der Waals surface area contributed by atoms with Gasteiger partial charge in [0.2, 0.25) is 6.79 Å². The molecule has 3 aromatic rings. The van der Waals surface area contributed by atoms with Gasteiger partial charge < -0.3 is 23.5 Å². The van der Waals surface area contributed by atoms with Crippen molar-refractivity contribution >= 4 is 33.4 Å². The largest absolute Gasteiger partial charge is 0.484 e. The van der Waals surface area contributed by atoms with E-state index >= 15 is 0 Å². The molecule has 1 amide bonds. The summed E-state index contributed by atoms with van der Waals surface area (Å²) in [5.41, 5.74) is 1.81. The van der Waals surface area contributed by atoms with Crippen molar-refractivity contribution in [3.8, 4) is 17.2 Å². The molecule has 156 valence electrons. The van der Waals surface area contributed by atoms with Crippen LogP contribution < -0.4 is 19.0 Å². The van der Waals surface area contributed by atoms with Crippen LogP contribution in [0.25, 0.3) is 10.2 Å². The molecule has 1 aliphatic heterocycles. The molecular formula is C21H20N2O6S. The van der Waals surface area contributed by atoms with Gasteiger partial charge in [-0.15, -0.1) is 0 Å². The van der Waals surface area contributed by atoms with Gasteiger partial charge in [0.15, 0.2) is 22.9 Å². The summed E-state index contributed by atoms with van der Waals surface area (Å²) < 4.78 is 23.9. The van der Waals surface area contributed by atoms with E-state index < -0.39 is 11.9 Å². The molecule has 0 spiro atoms. The van der Waals surface area contributed by atoms with E-state index in [1.165, 1.54) is 11.3 Å². The highest BCUT2D eigenvalue weighted by atomic mass is 32.1. The Labute approximate surface area is 176 Å². The van der Waals surface area contributed by atoms with E-state index in [4.69, 9.17) is 18.9 Å². The maximum atomic E-state index is 12.4. The Morgan fingerprint density at radius 1 is 1.17 bits per heavy atom. The summed E-state index contributed by atoms with van der Waals surface area (Å²) in [6.07, 6.45) is 0. The molecule has 2 aromatic carbocycles. The molecule has 4 rings (SSSR count). The molecule has 0 aliphatic carbocycles. The third kappa shape index (κ3) is 4.30. The zero-order valence-corrected chi connectivity index (χ0v) is 17.4. The van der Waals surface area contributed by atoms with Crippen LogP contribution in [0, 0.1) is 6.92 Å². The van der Waals surface area contributed by atoms with Crippen LogP contribution in [-0.4, -0.2) is 36.5 Å². The number of rotatable bonds is 6. The molecule has 0 bridgehead atoms. The Morgan fingerprint density at radius 2 is 1.90 bits per heavy atom. The van der Waals surface area contributed by atoms with E-state index in [1.807, 2.05) is 25.1 Å². The van der Waals surface area contributed by atoms with Gasteiger partial charge in [-0.1, -0.05) is 29.0 Å². The molecule has 1 aromatic heterocycles. The molecule has 0 unspecified atom stereocenters. The number of hydrogen-bond acceptors (Lipinski definition) is 7. The number of aromatic nitrogens is 1. The summed E-state index contributed by atoms with van der Waals surface area (Å²) in [6, 6.07) is 11.0. The zero-order valence-electron chi connectivity index (χ0n) is 16.5. The van der Waals surface area contributed by atoms with Gasteiger partial charge in [-0.25, -0.2) is 0 Å². The number of carbonyl (C=O) groups is 2. The summed E-state index contributed by atoms with van der Waals surface area (Å²) in [5, 5.41) is 0. The first-order chi connectivity index (χ1) is 14.5. The van der Waals surface area contributed by atoms with Gasteiger partial charge in [0, 0.05) is 12.1 Å². The third-order valence-corrected chi connectivity index (χ3v) is 5.41. The fraction of sp³-hybridized carbons (Fsp3) is 0.286. The predicted molar refractivity (Wildman–Crippen MR) is 110 cm³/mol. The fourth-order valence-electron chi connectivity index (χ4n) is 2.95. The number of amides is 1. The number of aryl methyl sites for hydroxylation is 1. The number of nitrogens with zero attached hydrogens (tertiary/aromatic N) is 2. The number of esters is 1. The Morgan fingerprint density at radius 3 is 2.63 bits per heavy atom. The van der Waals surface area contributed by atoms with Crippen LogP contribution in [0.1, 0.15) is 12.5 Å². The van der Waals surface area contributed by atoms with E-state index in [2.05, 4.69) is 4.99 Å². The van der Waals surface area contributed by atoms with Crippen molar-refractivity contribution in [1.82, 2.24) is 4.57 Å². The highest BCUT2D eigenvalue weighted by Crippen LogP contribution is 2.37. The van der Waals surface area contributed by atoms with Gasteiger partial charge in [-0.2, -0.15) is 4.99 Å². The molecule has 0 atom stereocenters. The summed E-state index contributed by atoms with van der Waals surface area (Å²) >= 11 is 1.28. The SMILES string of the molecule is CCOC(=O)Cn1c(=NC(=O)COc2ccc(C)cc2)sc2cc3c(cc21)OCO3. The summed E-state index contributed by atoms with van der Waals surface area (Å²) in [7, 11) is 0. The number of benzene rings is 2. The maximum absolute atomic E-state index is 12.4. The lowest BCUT2D eigenvalue weighted by atomic mass is 10.2. The Bertz CT molecular complexity index is 1160. The van der Waals surface area contributed by atoms with Gasteiger partial charge >= 0.3 is 5.97 Å². The van der Waals surface area contributed by atoms with E-state index in [-0.39, 0.29) is 26.6 Å². The van der Waals surface area contributed by atoms with E-state index in [0.717, 1.165) is 10.3 Å². The van der Waals surface area contributed by atoms with Crippen LogP contribution in [0.2, 0.25) is 0 Å². The molecule has 8 nitrogen and oxygen atoms in total. The smallest absolute Gasteiger partial charge is 0.326 e. The second-order valence-electron chi connectivity index (χ2n) is 6.56. The average Bonchev–Trinajstić information content (AvgIpc) is 3.30. The van der Waals surface area contributed by atoms with Gasteiger partial charge in [0.25, 0.3) is 5.91 Å². The first kappa shape index (κ1) is 20.0. The number of carbonyl (C=O) groups excluding carboxylic acids is 2. The van der Waals surface area contributed by atoms with Gasteiger partial charge in [-0.3, -0.25) is 9.59 Å². The van der Waals surface area contributed by atoms with Crippen molar-refractivity contribution < 1.29 is 28.5 Å². The second kappa shape index (κ2) is 8.58. The molecule has 0 N–H and O–H groups in total. The topological polar surface area (TPSA) is 88.4 Å². The minimum atomic E-state index is -0.459. The molecule has 0 saturated carbocycles. The zero-order chi connectivity index (χ0) is 21.1. The Balaban J connectivity index is 1.64. The normalized spacial score (nSPS) is 12.9. The highest BCUT2D eigenvalue weighted by Gasteiger charge is 2.19. The first-order valence-corrected chi connectivity index (χ1v) is 10.2. The van der Waals surface area contributed by atoms with Crippen molar-refractivity contribution in [3.63, 3.8) is 0 Å². The number of fused-ring (bicyclic) bond motifs is 2. The lowest BCUT2D eigenvalue weighted by Crippen LogP contribution is -2.24. The van der Waals surface area contributed by atoms with E-state index in [1.54, 1.807) is 29.7 Å². The minimum absolute atomic E-state index is 0.0710. The average molecular weight is 428 g/mol. The lowest BCUT2D eigenvalue weighted by Gasteiger charge is -2.06. The number of hydrogen-bond donors (Lipinski definition) is 0. The molecule has 0 fully saturated rings. The van der Waals surface area contributed by atoms with Gasteiger partial charge in [0.05, 0.1) is 16.8 Å². The third-order valence-electron chi connectivity index (χ3n) is 4.37. The van der Waals surface area contributed by atoms with E-state index in [9.17, 15) is 9.59 Å². The van der Waals surface area contributed by atoms with Crippen molar-refractivity contribution in [3.05, 3.63) is 46.8 Å². The van der Waals surface area contributed by atoms with Crippen molar-refractivity contribution in [1.29, 1.82) is 0 Å². The molecule has 9 heteroatoms. The van der Waals surface area contributed by atoms with Crippen LogP contribution in [-0.2, 0) is 20.9 Å². The molecule has 0 saturated heterocycles. The Kier molecular flexibility index (Phi) is 5.71. The standard InChI is InChI=1S/C21H20N2O6S/c1-3-26-20(25)10-23-15-8-16-17(29-12-28-16)9-18(15)30-21(23)22-19(24)11-27-14-6-4-13(2)5-7-14/h4-9H,3,10-12H2,1-2H3. The van der Waals surface area contributed by atoms with E-state index in [0.29, 0.717) is 27.6 Å². The van der Waals surface area contributed by atoms with Crippen LogP contribution >= 0.6 is 11.3 Å². The molecule has 2 heterocycles. The van der Waals surface area contributed by atoms with Crippen molar-refractivity contribution in [2.24, 2.45) is 4.99 Å². The van der Waals surface area contributed by atoms with Crippen molar-refractivity contribution in [2.75, 3.05) is 20.0 Å². The van der Waals surface area contributed by atoms with Crippen LogP contribution in [0.5, 0.6) is 17.2 Å². The Hall–Kier alpha value is -3.33. The fourth-order valence-corrected chi connectivity index (χ4v) is 4.01. The second-order valence-corrected chi connectivity index (χ2v) is 7.57. The van der Waals surface area contributed by atoms with Crippen molar-refractivity contribution in [2.45, 2.75) is 20.4 Å². The molecule has 30 heavy (non-hydrogen) atoms. The molecule has 1 aliphatic rings. The lowest BCUT2D eigenvalue weighted by molar-refractivity contribution is -0.143. The summed E-state index contributed by atoms with van der Waals surface area (Å²) in [5.74, 6) is 0.913. The summed E-state index contributed by atoms with van der Waals surface area (Å²) in [4.78, 5) is 29.1. The number of ether oxygens (including phenoxy) is 4. The van der Waals surface area contributed by atoms with Crippen LogP contribution in [0.15, 0.2) is 41.4 Å².